The second-order valence-corrected chi connectivity index (χ2v) is 8.31. The van der Waals surface area contributed by atoms with Crippen molar-refractivity contribution in [2.24, 2.45) is 5.92 Å². The molecule has 0 spiro atoms. The minimum Gasteiger partial charge on any atom is -0.506 e. The number of Topliss-reactive ketones (excluding diaryl/α,β-unsaturated/α-hetero) is 1. The molecule has 0 amide bonds. The van der Waals surface area contributed by atoms with Crippen LogP contribution in [-0.4, -0.2) is 33.7 Å². The monoisotopic (exact) mass is 388 g/mol. The van der Waals surface area contributed by atoms with E-state index >= 15 is 0 Å². The summed E-state index contributed by atoms with van der Waals surface area (Å²) in [6.45, 7) is 9.33. The molecule has 2 aliphatic heterocycles. The molecule has 0 aromatic heterocycles. The van der Waals surface area contributed by atoms with E-state index in [2.05, 4.69) is 0 Å². The van der Waals surface area contributed by atoms with Gasteiger partial charge in [0, 0.05) is 11.5 Å². The topological polar surface area (TPSA) is 93.1 Å². The van der Waals surface area contributed by atoms with Crippen molar-refractivity contribution in [1.29, 1.82) is 0 Å². The molecule has 0 saturated carbocycles. The number of hydrogen-bond acceptors (Lipinski definition) is 5. The van der Waals surface area contributed by atoms with E-state index < -0.39 is 17.5 Å². The zero-order chi connectivity index (χ0) is 20.8. The zero-order valence-electron chi connectivity index (χ0n) is 17.0. The van der Waals surface area contributed by atoms with Crippen LogP contribution in [0.25, 0.3) is 6.08 Å². The highest BCUT2D eigenvalue weighted by Gasteiger charge is 2.41. The second kappa shape index (κ2) is 7.15. The maximum atomic E-state index is 13.0. The Kier molecular flexibility index (Phi) is 5.17. The van der Waals surface area contributed by atoms with Gasteiger partial charge in [-0.25, -0.2) is 0 Å². The minimum absolute atomic E-state index is 0.105. The number of fused-ring (bicyclic) bond motifs is 2. The van der Waals surface area contributed by atoms with Gasteiger partial charge in [0.05, 0.1) is 17.9 Å². The van der Waals surface area contributed by atoms with E-state index in [0.717, 1.165) is 6.42 Å². The van der Waals surface area contributed by atoms with Crippen molar-refractivity contribution in [3.05, 3.63) is 22.8 Å². The van der Waals surface area contributed by atoms with Crippen LogP contribution in [0.15, 0.2) is 6.08 Å². The first kappa shape index (κ1) is 20.2. The second-order valence-electron chi connectivity index (χ2n) is 8.31. The predicted molar refractivity (Wildman–Crippen MR) is 105 cm³/mol. The molecule has 152 valence electrons. The van der Waals surface area contributed by atoms with Crippen LogP contribution in [0, 0.1) is 5.92 Å². The average molecular weight is 388 g/mol. The summed E-state index contributed by atoms with van der Waals surface area (Å²) in [4.78, 5) is 24.6. The summed E-state index contributed by atoms with van der Waals surface area (Å²) in [5, 5.41) is 20.4. The Balaban J connectivity index is 2.34. The number of aromatic hydroxyl groups is 1. The number of phenols is 1. The summed E-state index contributed by atoms with van der Waals surface area (Å²) < 4.78 is 12.3. The van der Waals surface area contributed by atoms with E-state index in [0.29, 0.717) is 23.3 Å². The lowest BCUT2D eigenvalue weighted by molar-refractivity contribution is -0.137. The number of benzene rings is 1. The molecule has 6 heteroatoms. The van der Waals surface area contributed by atoms with Gasteiger partial charge in [0.25, 0.3) is 0 Å². The van der Waals surface area contributed by atoms with E-state index in [1.807, 2.05) is 33.8 Å². The first-order valence-corrected chi connectivity index (χ1v) is 9.81. The minimum atomic E-state index is -0.928. The first-order valence-electron chi connectivity index (χ1n) is 9.81. The number of rotatable bonds is 5. The van der Waals surface area contributed by atoms with E-state index in [4.69, 9.17) is 9.47 Å². The molecule has 3 atom stereocenters. The number of hydrogen-bond donors (Lipinski definition) is 2. The van der Waals surface area contributed by atoms with Crippen LogP contribution < -0.4 is 9.47 Å². The van der Waals surface area contributed by atoms with Crippen molar-refractivity contribution in [1.82, 2.24) is 0 Å². The number of ether oxygens (including phenoxy) is 2. The Morgan fingerprint density at radius 3 is 2.57 bits per heavy atom. The smallest absolute Gasteiger partial charge is 0.303 e. The van der Waals surface area contributed by atoms with Crippen LogP contribution in [0.3, 0.4) is 0 Å². The number of phenolic OH excluding ortho intramolecular Hbond substituents is 1. The molecule has 2 N–H and O–H groups in total. The Hall–Kier alpha value is -2.50. The Bertz CT molecular complexity index is 851. The molecule has 0 fully saturated rings. The van der Waals surface area contributed by atoms with Crippen molar-refractivity contribution in [3.8, 4) is 17.2 Å². The summed E-state index contributed by atoms with van der Waals surface area (Å²) in [6.07, 6.45) is 4.45. The van der Waals surface area contributed by atoms with E-state index in [9.17, 15) is 19.8 Å². The van der Waals surface area contributed by atoms with Crippen LogP contribution >= 0.6 is 0 Å². The molecule has 0 radical (unpaired) electrons. The van der Waals surface area contributed by atoms with Crippen molar-refractivity contribution in [3.63, 3.8) is 0 Å². The highest BCUT2D eigenvalue weighted by Crippen LogP contribution is 2.53. The van der Waals surface area contributed by atoms with Crippen LogP contribution in [0.5, 0.6) is 17.2 Å². The normalized spacial score (nSPS) is 23.2. The molecule has 28 heavy (non-hydrogen) atoms. The molecule has 0 unspecified atom stereocenters. The Morgan fingerprint density at radius 1 is 1.29 bits per heavy atom. The van der Waals surface area contributed by atoms with Gasteiger partial charge in [0.15, 0.2) is 5.78 Å². The van der Waals surface area contributed by atoms with Gasteiger partial charge in [-0.1, -0.05) is 20.3 Å². The number of carbonyl (C=O) groups excluding carboxylic acids is 1. The highest BCUT2D eigenvalue weighted by molar-refractivity contribution is 6.06. The fourth-order valence-corrected chi connectivity index (χ4v) is 3.94. The van der Waals surface area contributed by atoms with Crippen molar-refractivity contribution >= 4 is 17.8 Å². The average Bonchev–Trinajstić information content (AvgIpc) is 2.58. The molecule has 1 aromatic rings. The number of ketones is 1. The van der Waals surface area contributed by atoms with E-state index in [1.165, 1.54) is 0 Å². The third kappa shape index (κ3) is 3.36. The number of carboxylic acid groups (broad SMARTS) is 1. The summed E-state index contributed by atoms with van der Waals surface area (Å²) >= 11 is 0. The standard InChI is InChI=1S/C22H28O6/c1-6-7-13(10-15(23)24)16-20-14(8-9-22(4,5)28-20)19(26)17-18(25)11(2)12(3)27-21(16)17/h8-9,11-13,26H,6-7,10H2,1-5H3,(H,23,24)/t11-,12-,13-/m1/s1. The number of aliphatic carboxylic acids is 1. The number of carbonyl (C=O) groups is 2. The molecular formula is C22H28O6. The van der Waals surface area contributed by atoms with Crippen LogP contribution in [0.4, 0.5) is 0 Å². The summed E-state index contributed by atoms with van der Waals surface area (Å²) in [5.41, 5.74) is 0.508. The van der Waals surface area contributed by atoms with Gasteiger partial charge in [-0.15, -0.1) is 0 Å². The van der Waals surface area contributed by atoms with Gasteiger partial charge in [-0.2, -0.15) is 0 Å². The molecule has 3 rings (SSSR count). The molecule has 0 saturated heterocycles. The largest absolute Gasteiger partial charge is 0.506 e. The molecular weight excluding hydrogens is 360 g/mol. The Morgan fingerprint density at radius 2 is 1.96 bits per heavy atom. The maximum Gasteiger partial charge on any atom is 0.303 e. The third-order valence-electron chi connectivity index (χ3n) is 5.60. The fourth-order valence-electron chi connectivity index (χ4n) is 3.94. The highest BCUT2D eigenvalue weighted by atomic mass is 16.5. The lowest BCUT2D eigenvalue weighted by Crippen LogP contribution is -2.36. The molecule has 6 nitrogen and oxygen atoms in total. The first-order chi connectivity index (χ1) is 13.1. The molecule has 1 aromatic carbocycles. The fraction of sp³-hybridized carbons (Fsp3) is 0.545. The van der Waals surface area contributed by atoms with Crippen molar-refractivity contribution < 1.29 is 29.3 Å². The van der Waals surface area contributed by atoms with E-state index in [-0.39, 0.29) is 41.3 Å². The van der Waals surface area contributed by atoms with Gasteiger partial charge in [0.1, 0.15) is 34.5 Å². The van der Waals surface area contributed by atoms with Crippen LogP contribution in [0.1, 0.15) is 81.3 Å². The molecule has 2 aliphatic rings. The van der Waals surface area contributed by atoms with Crippen LogP contribution in [-0.2, 0) is 4.79 Å². The number of carboxylic acids is 1. The van der Waals surface area contributed by atoms with Gasteiger partial charge in [0.2, 0.25) is 0 Å². The predicted octanol–water partition coefficient (Wildman–Crippen LogP) is 4.53. The van der Waals surface area contributed by atoms with Crippen molar-refractivity contribution in [2.75, 3.05) is 0 Å². The Labute approximate surface area is 165 Å². The zero-order valence-corrected chi connectivity index (χ0v) is 17.0. The molecule has 2 heterocycles. The quantitative estimate of drug-likeness (QED) is 0.769. The third-order valence-corrected chi connectivity index (χ3v) is 5.60. The summed E-state index contributed by atoms with van der Waals surface area (Å²) in [7, 11) is 0. The van der Waals surface area contributed by atoms with Gasteiger partial charge < -0.3 is 19.7 Å². The van der Waals surface area contributed by atoms with Gasteiger partial charge in [-0.3, -0.25) is 9.59 Å². The SMILES string of the molecule is CCC[C@H](CC(=O)O)c1c2c(c(O)c3c1O[C@H](C)[C@@H](C)C3=O)C=CC(C)(C)O2. The van der Waals surface area contributed by atoms with Gasteiger partial charge >= 0.3 is 5.97 Å². The summed E-state index contributed by atoms with van der Waals surface area (Å²) in [5.74, 6) is -1.38. The van der Waals surface area contributed by atoms with Crippen molar-refractivity contribution in [2.45, 2.75) is 71.5 Å². The molecule has 0 aliphatic carbocycles. The lowest BCUT2D eigenvalue weighted by atomic mass is 9.81. The van der Waals surface area contributed by atoms with E-state index in [1.54, 1.807) is 13.0 Å². The molecule has 0 bridgehead atoms. The maximum absolute atomic E-state index is 13.0. The van der Waals surface area contributed by atoms with Gasteiger partial charge in [-0.05, 0) is 39.3 Å². The van der Waals surface area contributed by atoms with Crippen LogP contribution in [0.2, 0.25) is 0 Å². The summed E-state index contributed by atoms with van der Waals surface area (Å²) in [6, 6.07) is 0. The lowest BCUT2D eigenvalue weighted by Gasteiger charge is -2.37.